The number of unbranched alkanes of at least 4 members (excludes halogenated alkanes) is 25. The zero-order chi connectivity index (χ0) is 57.2. The first-order chi connectivity index (χ1) is 38.6. The minimum Gasteiger partial charge on any atom is -0.457 e. The van der Waals surface area contributed by atoms with E-state index in [1.54, 1.807) is 0 Å². The zero-order valence-corrected chi connectivity index (χ0v) is 49.3. The molecule has 0 saturated carbocycles. The van der Waals surface area contributed by atoms with E-state index in [4.69, 9.17) is 28.4 Å². The van der Waals surface area contributed by atoms with Crippen LogP contribution in [0.15, 0.2) is 72.9 Å². The molecule has 0 radical (unpaired) electrons. The third kappa shape index (κ3) is 37.3. The van der Waals surface area contributed by atoms with Gasteiger partial charge in [0.15, 0.2) is 12.6 Å². The van der Waals surface area contributed by atoms with Gasteiger partial charge in [-0.2, -0.15) is 0 Å². The summed E-state index contributed by atoms with van der Waals surface area (Å²) in [5, 5.41) is 72.5. The summed E-state index contributed by atoms with van der Waals surface area (Å²) in [5.41, 5.74) is 0. The predicted molar refractivity (Wildman–Crippen MR) is 316 cm³/mol. The molecule has 11 atom stereocenters. The van der Waals surface area contributed by atoms with Crippen LogP contribution >= 0.6 is 0 Å². The SMILES string of the molecule is CC/C=C\C/C=C\C/C=C\C/C=C\C/C=C\CCCCCCOCC(COC1OC(COC2OC(CO)C(O)C(O)C2O)C(O)C(O)C1O)OC(=O)CCCCCCCCCCCCCCC/C=C\CCCCCCCCCC. The molecule has 14 heteroatoms. The van der Waals surface area contributed by atoms with Gasteiger partial charge in [0.1, 0.15) is 54.9 Å². The lowest BCUT2D eigenvalue weighted by Gasteiger charge is -2.42. The number of allylic oxidation sites excluding steroid dienone is 12. The van der Waals surface area contributed by atoms with Crippen LogP contribution in [0.3, 0.4) is 0 Å². The van der Waals surface area contributed by atoms with Gasteiger partial charge in [-0.1, -0.05) is 215 Å². The van der Waals surface area contributed by atoms with Crippen LogP contribution in [0.5, 0.6) is 0 Å². The average molecular weight is 1120 g/mol. The van der Waals surface area contributed by atoms with E-state index >= 15 is 0 Å². The van der Waals surface area contributed by atoms with Crippen molar-refractivity contribution in [1.82, 2.24) is 0 Å². The van der Waals surface area contributed by atoms with E-state index in [1.165, 1.54) is 122 Å². The number of esters is 1. The van der Waals surface area contributed by atoms with Crippen LogP contribution in [0.25, 0.3) is 0 Å². The van der Waals surface area contributed by atoms with E-state index in [0.717, 1.165) is 83.5 Å². The molecule has 0 aromatic rings. The molecular formula is C65H114O14. The number of aliphatic hydroxyl groups is 7. The first kappa shape index (κ1) is 72.5. The first-order valence-electron chi connectivity index (χ1n) is 31.5. The molecule has 0 spiro atoms. The summed E-state index contributed by atoms with van der Waals surface area (Å²) in [4.78, 5) is 13.1. The van der Waals surface area contributed by atoms with Crippen molar-refractivity contribution in [3.05, 3.63) is 72.9 Å². The molecule has 2 heterocycles. The van der Waals surface area contributed by atoms with E-state index in [1.807, 2.05) is 0 Å². The molecule has 2 fully saturated rings. The quantitative estimate of drug-likeness (QED) is 0.0172. The number of rotatable bonds is 51. The Balaban J connectivity index is 1.69. The normalized spacial score (nSPS) is 24.5. The fourth-order valence-corrected chi connectivity index (χ4v) is 9.66. The fraction of sp³-hybridized carbons (Fsp3) is 0.800. The monoisotopic (exact) mass is 1120 g/mol. The van der Waals surface area contributed by atoms with E-state index in [2.05, 4.69) is 86.8 Å². The highest BCUT2D eigenvalue weighted by Crippen LogP contribution is 2.27. The number of ether oxygens (including phenoxy) is 6. The van der Waals surface area contributed by atoms with E-state index < -0.39 is 80.7 Å². The van der Waals surface area contributed by atoms with Gasteiger partial charge in [-0.3, -0.25) is 4.79 Å². The molecule has 2 saturated heterocycles. The van der Waals surface area contributed by atoms with Gasteiger partial charge in [0.25, 0.3) is 0 Å². The molecule has 0 aromatic carbocycles. The van der Waals surface area contributed by atoms with Gasteiger partial charge < -0.3 is 64.2 Å². The molecule has 7 N–H and O–H groups in total. The highest BCUT2D eigenvalue weighted by Gasteiger charge is 2.47. The molecule has 79 heavy (non-hydrogen) atoms. The van der Waals surface area contributed by atoms with Crippen molar-refractivity contribution < 1.29 is 69.0 Å². The Morgan fingerprint density at radius 2 is 0.823 bits per heavy atom. The number of aliphatic hydroxyl groups excluding tert-OH is 7. The van der Waals surface area contributed by atoms with Crippen LogP contribution in [0.2, 0.25) is 0 Å². The maximum atomic E-state index is 13.1. The van der Waals surface area contributed by atoms with Gasteiger partial charge >= 0.3 is 5.97 Å². The lowest BCUT2D eigenvalue weighted by molar-refractivity contribution is -0.332. The minimum atomic E-state index is -1.72. The molecule has 0 aliphatic carbocycles. The van der Waals surface area contributed by atoms with Gasteiger partial charge in [0.2, 0.25) is 0 Å². The minimum absolute atomic E-state index is 0.0422. The summed E-state index contributed by atoms with van der Waals surface area (Å²) in [6, 6.07) is 0. The second kappa shape index (κ2) is 51.1. The van der Waals surface area contributed by atoms with Gasteiger partial charge in [0, 0.05) is 13.0 Å². The Morgan fingerprint density at radius 3 is 1.30 bits per heavy atom. The molecule has 11 unspecified atom stereocenters. The van der Waals surface area contributed by atoms with Crippen LogP contribution < -0.4 is 0 Å². The van der Waals surface area contributed by atoms with Gasteiger partial charge in [-0.25, -0.2) is 0 Å². The second-order valence-electron chi connectivity index (χ2n) is 21.8. The van der Waals surface area contributed by atoms with Gasteiger partial charge in [0.05, 0.1) is 26.4 Å². The van der Waals surface area contributed by atoms with Crippen LogP contribution in [-0.2, 0) is 33.2 Å². The Morgan fingerprint density at radius 1 is 0.430 bits per heavy atom. The Bertz CT molecular complexity index is 1580. The second-order valence-corrected chi connectivity index (χ2v) is 21.8. The lowest BCUT2D eigenvalue weighted by Crippen LogP contribution is -2.61. The summed E-state index contributed by atoms with van der Waals surface area (Å²) < 4.78 is 34.4. The number of hydrogen-bond donors (Lipinski definition) is 7. The van der Waals surface area contributed by atoms with Crippen molar-refractivity contribution in [2.75, 3.05) is 33.0 Å². The molecule has 0 amide bonds. The molecule has 458 valence electrons. The summed E-state index contributed by atoms with van der Waals surface area (Å²) in [6.07, 6.45) is 49.7. The van der Waals surface area contributed by atoms with E-state index in [9.17, 15) is 40.5 Å². The van der Waals surface area contributed by atoms with Crippen molar-refractivity contribution in [3.8, 4) is 0 Å². The summed E-state index contributed by atoms with van der Waals surface area (Å²) >= 11 is 0. The largest absolute Gasteiger partial charge is 0.457 e. The summed E-state index contributed by atoms with van der Waals surface area (Å²) in [6.45, 7) is 3.53. The number of hydrogen-bond acceptors (Lipinski definition) is 14. The third-order valence-electron chi connectivity index (χ3n) is 14.7. The van der Waals surface area contributed by atoms with Crippen molar-refractivity contribution in [2.45, 2.75) is 300 Å². The van der Waals surface area contributed by atoms with Crippen molar-refractivity contribution in [1.29, 1.82) is 0 Å². The maximum Gasteiger partial charge on any atom is 0.306 e. The Kier molecular flexibility index (Phi) is 46.9. The smallest absolute Gasteiger partial charge is 0.306 e. The van der Waals surface area contributed by atoms with Crippen LogP contribution in [-0.4, -0.2) is 142 Å². The zero-order valence-electron chi connectivity index (χ0n) is 49.3. The van der Waals surface area contributed by atoms with E-state index in [0.29, 0.717) is 13.0 Å². The molecule has 0 aromatic heterocycles. The molecule has 0 bridgehead atoms. The van der Waals surface area contributed by atoms with Crippen molar-refractivity contribution in [3.63, 3.8) is 0 Å². The first-order valence-corrected chi connectivity index (χ1v) is 31.5. The van der Waals surface area contributed by atoms with Crippen LogP contribution in [0.4, 0.5) is 0 Å². The average Bonchev–Trinajstić information content (AvgIpc) is 3.46. The number of carbonyl (C=O) groups is 1. The predicted octanol–water partition coefficient (Wildman–Crippen LogP) is 12.2. The number of carbonyl (C=O) groups excluding carboxylic acids is 1. The van der Waals surface area contributed by atoms with Crippen LogP contribution in [0.1, 0.15) is 232 Å². The molecular weight excluding hydrogens is 1000 g/mol. The summed E-state index contributed by atoms with van der Waals surface area (Å²) in [5.74, 6) is -0.385. The van der Waals surface area contributed by atoms with E-state index in [-0.39, 0.29) is 25.6 Å². The summed E-state index contributed by atoms with van der Waals surface area (Å²) in [7, 11) is 0. The fourth-order valence-electron chi connectivity index (χ4n) is 9.66. The molecule has 2 aliphatic heterocycles. The van der Waals surface area contributed by atoms with Crippen LogP contribution in [0, 0.1) is 0 Å². The van der Waals surface area contributed by atoms with Gasteiger partial charge in [-0.05, 0) is 83.5 Å². The highest BCUT2D eigenvalue weighted by atomic mass is 16.7. The molecule has 14 nitrogen and oxygen atoms in total. The Labute approximate surface area is 478 Å². The lowest BCUT2D eigenvalue weighted by atomic mass is 9.98. The third-order valence-corrected chi connectivity index (χ3v) is 14.7. The molecule has 2 aliphatic rings. The maximum absolute atomic E-state index is 13.1. The molecule has 2 rings (SSSR count). The topological polar surface area (TPSA) is 214 Å². The standard InChI is InChI=1S/C65H114O14/c1-3-5-7-9-11-13-15-17-19-21-23-25-26-27-28-29-30-32-34-36-38-40-42-44-46-48-57(67)77-54(51-74-49-47-45-43-41-39-37-35-33-31-24-22-20-18-16-14-12-10-8-6-4-2)52-75-64-63(73)61(71)59(69)56(79-64)53-76-65-62(72)60(70)58(68)55(50-66)78-65/h6,8,12,14,18,20-21,23-24,31,35,37,54-56,58-66,68-73H,3-5,7,9-11,13,15-17,19,22,25-30,32-34,36,38-53H2,1-2H3/b8-6-,14-12-,20-18-,23-21-,31-24-,37-35-. The Hall–Kier alpha value is -2.57. The highest BCUT2D eigenvalue weighted by molar-refractivity contribution is 5.69. The van der Waals surface area contributed by atoms with Crippen molar-refractivity contribution in [2.24, 2.45) is 0 Å². The van der Waals surface area contributed by atoms with Crippen molar-refractivity contribution >= 4 is 5.97 Å². The van der Waals surface area contributed by atoms with Gasteiger partial charge in [-0.15, -0.1) is 0 Å².